The van der Waals surface area contributed by atoms with Gasteiger partial charge in [-0.2, -0.15) is 0 Å². The van der Waals surface area contributed by atoms with E-state index in [4.69, 9.17) is 23.2 Å². The molecule has 2 aromatic carbocycles. The molecule has 7 heteroatoms. The van der Waals surface area contributed by atoms with Crippen molar-refractivity contribution in [3.63, 3.8) is 0 Å². The first-order chi connectivity index (χ1) is 11.5. The van der Waals surface area contributed by atoms with Gasteiger partial charge in [-0.15, -0.1) is 0 Å². The first kappa shape index (κ1) is 16.5. The molecule has 0 aliphatic heterocycles. The lowest BCUT2D eigenvalue weighted by molar-refractivity contribution is -0.118. The van der Waals surface area contributed by atoms with Gasteiger partial charge in [-0.1, -0.05) is 35.3 Å². The number of hydrogen-bond acceptors (Lipinski definition) is 3. The number of anilines is 1. The van der Waals surface area contributed by atoms with Gasteiger partial charge in [-0.25, -0.2) is 4.98 Å². The number of nitrogens with zero attached hydrogens (tertiary/aromatic N) is 2. The molecule has 24 heavy (non-hydrogen) atoms. The molecule has 0 fully saturated rings. The van der Waals surface area contributed by atoms with E-state index in [1.807, 2.05) is 0 Å². The lowest BCUT2D eigenvalue weighted by Crippen LogP contribution is -2.31. The highest BCUT2D eigenvalue weighted by atomic mass is 35.5. The third-order valence-corrected chi connectivity index (χ3v) is 4.22. The summed E-state index contributed by atoms with van der Waals surface area (Å²) in [4.78, 5) is 29.2. The molecule has 3 rings (SSSR count). The van der Waals surface area contributed by atoms with Gasteiger partial charge in [0.15, 0.2) is 0 Å². The van der Waals surface area contributed by atoms with Crippen LogP contribution in [0.2, 0.25) is 10.0 Å². The molecule has 0 spiro atoms. The summed E-state index contributed by atoms with van der Waals surface area (Å²) in [7, 11) is 0. The molecule has 0 radical (unpaired) electrons. The van der Waals surface area contributed by atoms with Crippen LogP contribution in [0.5, 0.6) is 0 Å². The summed E-state index contributed by atoms with van der Waals surface area (Å²) < 4.78 is 1.29. The molecular weight excluding hydrogens is 349 g/mol. The Labute approximate surface area is 147 Å². The number of rotatable bonds is 3. The van der Waals surface area contributed by atoms with Crippen LogP contribution in [0.15, 0.2) is 53.6 Å². The van der Waals surface area contributed by atoms with Crippen molar-refractivity contribution < 1.29 is 4.79 Å². The van der Waals surface area contributed by atoms with Crippen LogP contribution >= 0.6 is 23.2 Å². The third-order valence-electron chi connectivity index (χ3n) is 3.68. The number of amides is 1. The summed E-state index contributed by atoms with van der Waals surface area (Å²) in [5.41, 5.74) is 0.747. The van der Waals surface area contributed by atoms with Crippen molar-refractivity contribution in [3.8, 4) is 0 Å². The number of hydrogen-bond donors (Lipinski definition) is 1. The summed E-state index contributed by atoms with van der Waals surface area (Å²) in [6, 6.07) is 11.0. The Morgan fingerprint density at radius 3 is 2.71 bits per heavy atom. The first-order valence-corrected chi connectivity index (χ1v) is 7.95. The van der Waals surface area contributed by atoms with Gasteiger partial charge >= 0.3 is 0 Å². The minimum absolute atomic E-state index is 0.273. The fourth-order valence-electron chi connectivity index (χ4n) is 2.31. The van der Waals surface area contributed by atoms with Crippen molar-refractivity contribution in [2.45, 2.75) is 13.0 Å². The molecule has 0 bridgehead atoms. The average Bonchev–Trinajstić information content (AvgIpc) is 2.57. The molecule has 0 aliphatic carbocycles. The van der Waals surface area contributed by atoms with Crippen LogP contribution < -0.4 is 10.9 Å². The van der Waals surface area contributed by atoms with Gasteiger partial charge in [-0.3, -0.25) is 14.2 Å². The van der Waals surface area contributed by atoms with Crippen molar-refractivity contribution in [2.24, 2.45) is 0 Å². The van der Waals surface area contributed by atoms with Gasteiger partial charge < -0.3 is 5.32 Å². The van der Waals surface area contributed by atoms with Crippen molar-refractivity contribution in [3.05, 3.63) is 69.2 Å². The van der Waals surface area contributed by atoms with Gasteiger partial charge in [0, 0.05) is 5.02 Å². The maximum absolute atomic E-state index is 12.5. The Morgan fingerprint density at radius 1 is 1.21 bits per heavy atom. The fourth-order valence-corrected chi connectivity index (χ4v) is 2.77. The molecule has 1 aromatic heterocycles. The van der Waals surface area contributed by atoms with Crippen LogP contribution in [-0.2, 0) is 4.79 Å². The summed E-state index contributed by atoms with van der Waals surface area (Å²) in [5.74, 6) is -0.376. The molecule has 1 N–H and O–H groups in total. The maximum Gasteiger partial charge on any atom is 0.261 e. The Hall–Kier alpha value is -2.37. The van der Waals surface area contributed by atoms with E-state index in [9.17, 15) is 9.59 Å². The Balaban J connectivity index is 1.91. The molecule has 1 amide bonds. The topological polar surface area (TPSA) is 64.0 Å². The molecule has 0 saturated carbocycles. The van der Waals surface area contributed by atoms with E-state index in [1.54, 1.807) is 43.3 Å². The van der Waals surface area contributed by atoms with Crippen LogP contribution in [0.1, 0.15) is 13.0 Å². The largest absolute Gasteiger partial charge is 0.323 e. The second-order valence-electron chi connectivity index (χ2n) is 5.26. The zero-order chi connectivity index (χ0) is 17.3. The van der Waals surface area contributed by atoms with Gasteiger partial charge in [0.1, 0.15) is 6.04 Å². The summed E-state index contributed by atoms with van der Waals surface area (Å²) >= 11 is 11.9. The molecule has 3 aromatic rings. The fraction of sp³-hybridized carbons (Fsp3) is 0.118. The van der Waals surface area contributed by atoms with E-state index in [0.717, 1.165) is 0 Å². The number of carbonyl (C=O) groups is 1. The minimum atomic E-state index is -0.749. The standard InChI is InChI=1S/C17H13Cl2N3O2/c1-10(16(23)21-15-7-6-11(18)8-13(15)19)22-9-20-14-5-3-2-4-12(14)17(22)24/h2-10H,1H3,(H,21,23)/t10-/m0/s1. The third kappa shape index (κ3) is 3.13. The lowest BCUT2D eigenvalue weighted by atomic mass is 10.2. The van der Waals surface area contributed by atoms with Crippen LogP contribution in [0.4, 0.5) is 5.69 Å². The van der Waals surface area contributed by atoms with E-state index < -0.39 is 6.04 Å². The number of para-hydroxylation sites is 1. The lowest BCUT2D eigenvalue weighted by Gasteiger charge is -2.16. The zero-order valence-corrected chi connectivity index (χ0v) is 14.2. The van der Waals surface area contributed by atoms with E-state index in [1.165, 1.54) is 17.0 Å². The van der Waals surface area contributed by atoms with E-state index in [2.05, 4.69) is 10.3 Å². The van der Waals surface area contributed by atoms with E-state index in [0.29, 0.717) is 26.6 Å². The highest BCUT2D eigenvalue weighted by Gasteiger charge is 2.18. The van der Waals surface area contributed by atoms with E-state index in [-0.39, 0.29) is 11.5 Å². The summed E-state index contributed by atoms with van der Waals surface area (Å²) in [5, 5.41) is 3.96. The molecule has 0 unspecified atom stereocenters. The minimum Gasteiger partial charge on any atom is -0.323 e. The summed E-state index contributed by atoms with van der Waals surface area (Å²) in [6.45, 7) is 1.62. The number of aromatic nitrogens is 2. The quantitative estimate of drug-likeness (QED) is 0.769. The normalized spacial score (nSPS) is 12.1. The number of carbonyl (C=O) groups excluding carboxylic acids is 1. The molecular formula is C17H13Cl2N3O2. The first-order valence-electron chi connectivity index (χ1n) is 7.19. The predicted octanol–water partition coefficient (Wildman–Crippen LogP) is 3.90. The van der Waals surface area contributed by atoms with Gasteiger partial charge in [0.25, 0.3) is 5.56 Å². The second-order valence-corrected chi connectivity index (χ2v) is 6.11. The molecule has 1 atom stereocenters. The molecule has 5 nitrogen and oxygen atoms in total. The maximum atomic E-state index is 12.5. The van der Waals surface area contributed by atoms with Crippen molar-refractivity contribution in [1.82, 2.24) is 9.55 Å². The SMILES string of the molecule is C[C@@H](C(=O)Nc1ccc(Cl)cc1Cl)n1cnc2ccccc2c1=O. The predicted molar refractivity (Wildman–Crippen MR) is 95.8 cm³/mol. The zero-order valence-electron chi connectivity index (χ0n) is 12.7. The number of nitrogens with one attached hydrogen (secondary N) is 1. The van der Waals surface area contributed by atoms with Crippen LogP contribution in [0.3, 0.4) is 0 Å². The Morgan fingerprint density at radius 2 is 1.96 bits per heavy atom. The van der Waals surface area contributed by atoms with Gasteiger partial charge in [0.05, 0.1) is 27.9 Å². The monoisotopic (exact) mass is 361 g/mol. The van der Waals surface area contributed by atoms with Crippen LogP contribution in [0.25, 0.3) is 10.9 Å². The average molecular weight is 362 g/mol. The number of fused-ring (bicyclic) bond motifs is 1. The highest BCUT2D eigenvalue weighted by molar-refractivity contribution is 6.36. The second kappa shape index (κ2) is 6.63. The molecule has 0 saturated heterocycles. The van der Waals surface area contributed by atoms with Crippen molar-refractivity contribution in [2.75, 3.05) is 5.32 Å². The van der Waals surface area contributed by atoms with E-state index >= 15 is 0 Å². The number of benzene rings is 2. The highest BCUT2D eigenvalue weighted by Crippen LogP contribution is 2.26. The van der Waals surface area contributed by atoms with Gasteiger partial charge in [-0.05, 0) is 37.3 Å². The van der Waals surface area contributed by atoms with Crippen molar-refractivity contribution >= 4 is 45.7 Å². The van der Waals surface area contributed by atoms with Crippen LogP contribution in [-0.4, -0.2) is 15.5 Å². The van der Waals surface area contributed by atoms with Crippen LogP contribution in [0, 0.1) is 0 Å². The molecule has 0 aliphatic rings. The Kier molecular flexibility index (Phi) is 4.55. The Bertz CT molecular complexity index is 985. The molecule has 1 heterocycles. The summed E-state index contributed by atoms with van der Waals surface area (Å²) in [6.07, 6.45) is 1.37. The van der Waals surface area contributed by atoms with Gasteiger partial charge in [0.2, 0.25) is 5.91 Å². The van der Waals surface area contributed by atoms with Crippen molar-refractivity contribution in [1.29, 1.82) is 0 Å². The smallest absolute Gasteiger partial charge is 0.261 e. The molecule has 122 valence electrons. The number of halogens is 2.